The van der Waals surface area contributed by atoms with Crippen LogP contribution >= 0.6 is 23.2 Å². The van der Waals surface area contributed by atoms with Crippen LogP contribution in [0.4, 0.5) is 13.2 Å². The van der Waals surface area contributed by atoms with Gasteiger partial charge in [0.05, 0.1) is 17.9 Å². The molecule has 0 aromatic heterocycles. The lowest BCUT2D eigenvalue weighted by Gasteiger charge is -2.53. The first-order valence-electron chi connectivity index (χ1n) is 13.0. The summed E-state index contributed by atoms with van der Waals surface area (Å²) in [7, 11) is 0. The van der Waals surface area contributed by atoms with Crippen molar-refractivity contribution in [2.24, 2.45) is 11.3 Å². The van der Waals surface area contributed by atoms with Crippen molar-refractivity contribution in [2.45, 2.75) is 82.2 Å². The molecule has 10 heteroatoms. The quantitative estimate of drug-likeness (QED) is 0.321. The normalized spacial score (nSPS) is 26.3. The van der Waals surface area contributed by atoms with E-state index in [1.54, 1.807) is 56.3 Å². The summed E-state index contributed by atoms with van der Waals surface area (Å²) in [5.74, 6) is -3.15. The molecule has 1 saturated carbocycles. The van der Waals surface area contributed by atoms with Gasteiger partial charge in [-0.05, 0) is 67.0 Å². The van der Waals surface area contributed by atoms with Gasteiger partial charge in [0.15, 0.2) is 5.60 Å². The maximum atomic E-state index is 14.3. The van der Waals surface area contributed by atoms with Crippen molar-refractivity contribution in [3.8, 4) is 0 Å². The Balaban J connectivity index is 1.90. The summed E-state index contributed by atoms with van der Waals surface area (Å²) >= 11 is 12.5. The van der Waals surface area contributed by atoms with Gasteiger partial charge in [-0.2, -0.15) is 13.2 Å². The molecule has 2 aliphatic rings. The van der Waals surface area contributed by atoms with Crippen molar-refractivity contribution < 1.29 is 33.0 Å². The van der Waals surface area contributed by atoms with E-state index in [0.29, 0.717) is 15.6 Å². The second-order valence-corrected chi connectivity index (χ2v) is 12.0. The zero-order valence-electron chi connectivity index (χ0n) is 21.7. The topological polar surface area (TPSA) is 77.8 Å². The molecule has 212 valence electrons. The lowest BCUT2D eigenvalue weighted by molar-refractivity contribution is -0.275. The molecule has 0 bridgehead atoms. The summed E-state index contributed by atoms with van der Waals surface area (Å²) in [6.45, 7) is 3.23. The number of benzene rings is 2. The van der Waals surface area contributed by atoms with Crippen LogP contribution < -0.4 is 0 Å². The smallest absolute Gasteiger partial charge is 0.417 e. The molecule has 0 radical (unpaired) electrons. The van der Waals surface area contributed by atoms with Crippen LogP contribution in [-0.2, 0) is 9.59 Å². The van der Waals surface area contributed by atoms with Crippen LogP contribution in [0.2, 0.25) is 10.0 Å². The molecule has 4 rings (SSSR count). The summed E-state index contributed by atoms with van der Waals surface area (Å²) in [6.07, 6.45) is -5.29. The van der Waals surface area contributed by atoms with Gasteiger partial charge in [-0.1, -0.05) is 61.3 Å². The first kappa shape index (κ1) is 29.7. The predicted octanol–water partition coefficient (Wildman–Crippen LogP) is 7.40. The van der Waals surface area contributed by atoms with Gasteiger partial charge in [-0.25, -0.2) is 0 Å². The van der Waals surface area contributed by atoms with Gasteiger partial charge in [-0.15, -0.1) is 0 Å². The number of carboxylic acids is 1. The van der Waals surface area contributed by atoms with Crippen molar-refractivity contribution in [3.63, 3.8) is 0 Å². The number of aliphatic hydroxyl groups is 1. The van der Waals surface area contributed by atoms with Crippen LogP contribution in [0.1, 0.15) is 75.5 Å². The number of carbonyl (C=O) groups is 2. The second-order valence-electron chi connectivity index (χ2n) is 11.2. The van der Waals surface area contributed by atoms with E-state index < -0.39 is 65.8 Å². The number of carboxylic acid groups (broad SMARTS) is 1. The Morgan fingerprint density at radius 3 is 2.26 bits per heavy atom. The number of amides is 1. The van der Waals surface area contributed by atoms with Gasteiger partial charge < -0.3 is 15.1 Å². The lowest BCUT2D eigenvalue weighted by atomic mass is 9.66. The van der Waals surface area contributed by atoms with E-state index in [4.69, 9.17) is 23.2 Å². The molecule has 2 N–H and O–H groups in total. The van der Waals surface area contributed by atoms with Crippen LogP contribution in [0, 0.1) is 11.3 Å². The van der Waals surface area contributed by atoms with Crippen molar-refractivity contribution in [3.05, 3.63) is 69.7 Å². The third-order valence-electron chi connectivity index (χ3n) is 8.29. The average molecular weight is 586 g/mol. The van der Waals surface area contributed by atoms with Crippen LogP contribution in [0.15, 0.2) is 48.5 Å². The molecule has 1 saturated heterocycles. The number of halogens is 5. The Kier molecular flexibility index (Phi) is 8.33. The molecule has 2 aromatic rings. The van der Waals surface area contributed by atoms with E-state index in [1.807, 2.05) is 6.07 Å². The zero-order valence-corrected chi connectivity index (χ0v) is 23.2. The van der Waals surface area contributed by atoms with Gasteiger partial charge in [0, 0.05) is 28.4 Å². The van der Waals surface area contributed by atoms with Crippen molar-refractivity contribution >= 4 is 35.1 Å². The predicted molar refractivity (Wildman–Crippen MR) is 143 cm³/mol. The molecule has 1 heterocycles. The molecule has 0 spiro atoms. The highest BCUT2D eigenvalue weighted by atomic mass is 35.5. The van der Waals surface area contributed by atoms with E-state index in [-0.39, 0.29) is 25.7 Å². The minimum atomic E-state index is -4.88. The van der Waals surface area contributed by atoms with Crippen molar-refractivity contribution in [2.75, 3.05) is 0 Å². The third kappa shape index (κ3) is 5.93. The number of likely N-dealkylation sites (tertiary alicyclic amines) is 1. The summed E-state index contributed by atoms with van der Waals surface area (Å²) in [5.41, 5.74) is -2.97. The molecule has 1 amide bonds. The Morgan fingerprint density at radius 1 is 1.10 bits per heavy atom. The van der Waals surface area contributed by atoms with Gasteiger partial charge in [0.25, 0.3) is 0 Å². The fourth-order valence-electron chi connectivity index (χ4n) is 6.15. The van der Waals surface area contributed by atoms with Crippen LogP contribution in [0.3, 0.4) is 0 Å². The summed E-state index contributed by atoms with van der Waals surface area (Å²) < 4.78 is 42.8. The summed E-state index contributed by atoms with van der Waals surface area (Å²) in [6, 6.07) is 12.0. The van der Waals surface area contributed by atoms with Crippen LogP contribution in [0.5, 0.6) is 0 Å². The second kappa shape index (κ2) is 10.9. The standard InChI is InChI=1S/C29H32Cl2F3NO4/c1-3-22(14-28(39,19-9-10-19)29(32,33)34)35-25(17-7-11-20(30)12-8-17)23(18-5-4-6-21(31)13-18)15-27(2,26(35)38)16-24(36)37/h4-8,11-13,19,22-23,25,39H,3,9-10,14-16H2,1-2H3,(H,36,37)/t22-,23+,25+,27+,28?/m0/s1. The highest BCUT2D eigenvalue weighted by Gasteiger charge is 2.63. The van der Waals surface area contributed by atoms with Gasteiger partial charge >= 0.3 is 12.1 Å². The number of nitrogens with zero attached hydrogens (tertiary/aromatic N) is 1. The first-order chi connectivity index (χ1) is 18.2. The Labute approximate surface area is 235 Å². The number of alkyl halides is 3. The monoisotopic (exact) mass is 585 g/mol. The number of hydrogen-bond donors (Lipinski definition) is 2. The number of rotatable bonds is 9. The molecule has 5 nitrogen and oxygen atoms in total. The fourth-order valence-corrected chi connectivity index (χ4v) is 6.48. The maximum Gasteiger partial charge on any atom is 0.417 e. The van der Waals surface area contributed by atoms with Gasteiger partial charge in [-0.3, -0.25) is 9.59 Å². The summed E-state index contributed by atoms with van der Waals surface area (Å²) in [4.78, 5) is 27.6. The Bertz CT molecular complexity index is 1220. The average Bonchev–Trinajstić information content (AvgIpc) is 3.70. The minimum absolute atomic E-state index is 0.131. The van der Waals surface area contributed by atoms with Crippen LogP contribution in [0.25, 0.3) is 0 Å². The maximum absolute atomic E-state index is 14.3. The highest BCUT2D eigenvalue weighted by molar-refractivity contribution is 6.30. The number of hydrogen-bond acceptors (Lipinski definition) is 3. The number of carbonyl (C=O) groups excluding carboxylic acids is 1. The lowest BCUT2D eigenvalue weighted by Crippen LogP contribution is -2.59. The third-order valence-corrected chi connectivity index (χ3v) is 8.77. The molecule has 1 aliphatic carbocycles. The Morgan fingerprint density at radius 2 is 1.74 bits per heavy atom. The van der Waals surface area contributed by atoms with Crippen molar-refractivity contribution in [1.82, 2.24) is 4.90 Å². The fraction of sp³-hybridized carbons (Fsp3) is 0.517. The first-order valence-corrected chi connectivity index (χ1v) is 13.8. The number of piperidine rings is 1. The van der Waals surface area contributed by atoms with Crippen LogP contribution in [-0.4, -0.2) is 44.8 Å². The van der Waals surface area contributed by atoms with Crippen molar-refractivity contribution in [1.29, 1.82) is 0 Å². The number of aliphatic carboxylic acids is 1. The molecule has 5 atom stereocenters. The molecule has 1 unspecified atom stereocenters. The highest BCUT2D eigenvalue weighted by Crippen LogP contribution is 2.55. The molecule has 39 heavy (non-hydrogen) atoms. The van der Waals surface area contributed by atoms with Gasteiger partial charge in [0.1, 0.15) is 0 Å². The zero-order chi connectivity index (χ0) is 28.8. The Hall–Kier alpha value is -2.29. The van der Waals surface area contributed by atoms with E-state index >= 15 is 0 Å². The van der Waals surface area contributed by atoms with E-state index in [0.717, 1.165) is 5.56 Å². The molecular weight excluding hydrogens is 554 g/mol. The largest absolute Gasteiger partial charge is 0.481 e. The van der Waals surface area contributed by atoms with E-state index in [1.165, 1.54) is 4.90 Å². The van der Waals surface area contributed by atoms with E-state index in [2.05, 4.69) is 0 Å². The molecule has 1 aliphatic heterocycles. The molecular formula is C29H32Cl2F3NO4. The minimum Gasteiger partial charge on any atom is -0.481 e. The molecule has 2 fully saturated rings. The molecule has 2 aromatic carbocycles. The summed E-state index contributed by atoms with van der Waals surface area (Å²) in [5, 5.41) is 21.6. The SMILES string of the molecule is CC[C@@H](CC(O)(C1CC1)C(F)(F)F)N1C(=O)[C@@](C)(CC(=O)O)C[C@H](c2cccc(Cl)c2)[C@H]1c1ccc(Cl)cc1. The van der Waals surface area contributed by atoms with Gasteiger partial charge in [0.2, 0.25) is 5.91 Å². The van der Waals surface area contributed by atoms with E-state index in [9.17, 15) is 33.0 Å².